The second kappa shape index (κ2) is 8.34. The maximum atomic E-state index is 12.3. The Morgan fingerprint density at radius 2 is 1.93 bits per heavy atom. The first-order chi connectivity index (χ1) is 13.8. The summed E-state index contributed by atoms with van der Waals surface area (Å²) in [5, 5.41) is 22.6. The molecule has 29 heavy (non-hydrogen) atoms. The van der Waals surface area contributed by atoms with Crippen LogP contribution in [0.5, 0.6) is 11.5 Å². The average molecular weight is 427 g/mol. The third-order valence-corrected chi connectivity index (χ3v) is 4.56. The zero-order chi connectivity index (χ0) is 21.0. The molecule has 0 unspecified atom stereocenters. The number of nitrogens with zero attached hydrogens (tertiary/aromatic N) is 5. The number of rotatable bonds is 7. The second-order valence-electron chi connectivity index (χ2n) is 5.46. The van der Waals surface area contributed by atoms with Gasteiger partial charge in [0, 0.05) is 23.4 Å². The number of non-ortho nitro benzene ring substituents is 1. The molecule has 2 aromatic carbocycles. The van der Waals surface area contributed by atoms with E-state index in [-0.39, 0.29) is 17.2 Å². The topological polar surface area (TPSA) is 105 Å². The van der Waals surface area contributed by atoms with E-state index in [0.717, 1.165) is 12.1 Å². The molecule has 1 heterocycles. The SMILES string of the molecule is COc1ccc([N+](=O)[O-])cc1CSc1nnnn1-c1ccc(OC(F)(F)F)cc1. The molecule has 13 heteroatoms. The first-order valence-corrected chi connectivity index (χ1v) is 8.84. The predicted octanol–water partition coefficient (Wildman–Crippen LogP) is 3.77. The molecule has 0 aliphatic heterocycles. The molecule has 0 bridgehead atoms. The van der Waals surface area contributed by atoms with Crippen molar-refractivity contribution in [2.24, 2.45) is 0 Å². The molecule has 3 aromatic rings. The van der Waals surface area contributed by atoms with Crippen LogP contribution in [-0.2, 0) is 5.75 Å². The molecule has 9 nitrogen and oxygen atoms in total. The quantitative estimate of drug-likeness (QED) is 0.319. The van der Waals surface area contributed by atoms with Gasteiger partial charge in [-0.15, -0.1) is 18.3 Å². The lowest BCUT2D eigenvalue weighted by atomic mass is 10.2. The number of ether oxygens (including phenoxy) is 2. The summed E-state index contributed by atoms with van der Waals surface area (Å²) in [4.78, 5) is 10.5. The number of thioether (sulfide) groups is 1. The minimum absolute atomic E-state index is 0.0822. The molecule has 1 aromatic heterocycles. The largest absolute Gasteiger partial charge is 0.573 e. The number of alkyl halides is 3. The van der Waals surface area contributed by atoms with Crippen LogP contribution in [0.1, 0.15) is 5.56 Å². The predicted molar refractivity (Wildman–Crippen MR) is 95.0 cm³/mol. The third-order valence-electron chi connectivity index (χ3n) is 3.59. The Hall–Kier alpha value is -3.35. The Labute approximate surface area is 165 Å². The highest BCUT2D eigenvalue weighted by atomic mass is 32.2. The van der Waals surface area contributed by atoms with Crippen LogP contribution in [-0.4, -0.2) is 38.6 Å². The molecule has 0 N–H and O–H groups in total. The summed E-state index contributed by atoms with van der Waals surface area (Å²) in [5.74, 6) is 0.362. The summed E-state index contributed by atoms with van der Waals surface area (Å²) in [6.45, 7) is 0. The van der Waals surface area contributed by atoms with Gasteiger partial charge in [0.1, 0.15) is 11.5 Å². The number of hydrogen-bond acceptors (Lipinski definition) is 8. The maximum Gasteiger partial charge on any atom is 0.573 e. The van der Waals surface area contributed by atoms with Gasteiger partial charge >= 0.3 is 6.36 Å². The minimum Gasteiger partial charge on any atom is -0.496 e. The van der Waals surface area contributed by atoms with Crippen molar-refractivity contribution in [3.63, 3.8) is 0 Å². The highest BCUT2D eigenvalue weighted by Gasteiger charge is 2.31. The van der Waals surface area contributed by atoms with Crippen LogP contribution in [0.15, 0.2) is 47.6 Å². The summed E-state index contributed by atoms with van der Waals surface area (Å²) in [5.41, 5.74) is 0.898. The van der Waals surface area contributed by atoms with Crippen LogP contribution in [0.4, 0.5) is 18.9 Å². The van der Waals surface area contributed by atoms with Crippen molar-refractivity contribution < 1.29 is 27.6 Å². The minimum atomic E-state index is -4.78. The number of tetrazole rings is 1. The number of methoxy groups -OCH3 is 1. The molecule has 0 aliphatic rings. The maximum absolute atomic E-state index is 12.3. The van der Waals surface area contributed by atoms with Crippen molar-refractivity contribution in [2.75, 3.05) is 7.11 Å². The van der Waals surface area contributed by atoms with Crippen molar-refractivity contribution in [2.45, 2.75) is 17.3 Å². The molecule has 152 valence electrons. The monoisotopic (exact) mass is 427 g/mol. The van der Waals surface area contributed by atoms with E-state index in [4.69, 9.17) is 4.74 Å². The van der Waals surface area contributed by atoms with Gasteiger partial charge in [0.2, 0.25) is 5.16 Å². The summed E-state index contributed by atoms with van der Waals surface area (Å²) < 4.78 is 47.2. The van der Waals surface area contributed by atoms with E-state index in [1.165, 1.54) is 53.9 Å². The third kappa shape index (κ3) is 5.13. The van der Waals surface area contributed by atoms with Crippen LogP contribution in [0.2, 0.25) is 0 Å². The second-order valence-corrected chi connectivity index (χ2v) is 6.40. The van der Waals surface area contributed by atoms with Gasteiger partial charge in [-0.3, -0.25) is 10.1 Å². The van der Waals surface area contributed by atoms with Gasteiger partial charge in [0.25, 0.3) is 5.69 Å². The Bertz CT molecular complexity index is 1010. The number of nitro benzene ring substituents is 1. The fourth-order valence-electron chi connectivity index (χ4n) is 2.35. The highest BCUT2D eigenvalue weighted by molar-refractivity contribution is 7.98. The fourth-order valence-corrected chi connectivity index (χ4v) is 3.22. The molecular weight excluding hydrogens is 415 g/mol. The van der Waals surface area contributed by atoms with Crippen LogP contribution in [0.25, 0.3) is 5.69 Å². The van der Waals surface area contributed by atoms with Gasteiger partial charge in [-0.05, 0) is 40.8 Å². The zero-order valence-corrected chi connectivity index (χ0v) is 15.5. The van der Waals surface area contributed by atoms with Crippen LogP contribution in [0.3, 0.4) is 0 Å². The average Bonchev–Trinajstić information content (AvgIpc) is 3.14. The van der Waals surface area contributed by atoms with E-state index in [1.54, 1.807) is 0 Å². The summed E-state index contributed by atoms with van der Waals surface area (Å²) >= 11 is 1.18. The summed E-state index contributed by atoms with van der Waals surface area (Å²) in [6, 6.07) is 9.25. The molecule has 0 spiro atoms. The molecular formula is C16H12F3N5O4S. The van der Waals surface area contributed by atoms with Crippen molar-refractivity contribution in [1.82, 2.24) is 20.2 Å². The fraction of sp³-hybridized carbons (Fsp3) is 0.188. The standard InChI is InChI=1S/C16H12F3N5O4S/c1-27-14-7-4-12(24(25)26)8-10(14)9-29-15-20-21-22-23(15)11-2-5-13(6-3-11)28-16(17,18)19/h2-8H,9H2,1H3. The Balaban J connectivity index is 1.78. The Kier molecular flexibility index (Phi) is 5.87. The first-order valence-electron chi connectivity index (χ1n) is 7.85. The number of hydrogen-bond donors (Lipinski definition) is 0. The molecule has 0 radical (unpaired) electrons. The van der Waals surface area contributed by atoms with Crippen molar-refractivity contribution in [1.29, 1.82) is 0 Å². The van der Waals surface area contributed by atoms with E-state index in [2.05, 4.69) is 20.3 Å². The van der Waals surface area contributed by atoms with Gasteiger partial charge < -0.3 is 9.47 Å². The van der Waals surface area contributed by atoms with E-state index >= 15 is 0 Å². The first kappa shape index (κ1) is 20.4. The van der Waals surface area contributed by atoms with Crippen LogP contribution >= 0.6 is 11.8 Å². The van der Waals surface area contributed by atoms with Gasteiger partial charge in [-0.25, -0.2) is 0 Å². The summed E-state index contributed by atoms with van der Waals surface area (Å²) in [7, 11) is 1.45. The molecule has 0 amide bonds. The number of halogens is 3. The molecule has 0 atom stereocenters. The molecule has 0 saturated carbocycles. The van der Waals surface area contributed by atoms with Gasteiger partial charge in [-0.2, -0.15) is 4.68 Å². The number of nitro groups is 1. The molecule has 0 aliphatic carbocycles. The number of aromatic nitrogens is 4. The highest BCUT2D eigenvalue weighted by Crippen LogP contribution is 2.31. The lowest BCUT2D eigenvalue weighted by Crippen LogP contribution is -2.17. The van der Waals surface area contributed by atoms with Crippen molar-refractivity contribution in [3.8, 4) is 17.2 Å². The molecule has 0 saturated heterocycles. The molecule has 3 rings (SSSR count). The van der Waals surface area contributed by atoms with Crippen LogP contribution in [0, 0.1) is 10.1 Å². The van der Waals surface area contributed by atoms with E-state index in [1.807, 2.05) is 0 Å². The summed E-state index contributed by atoms with van der Waals surface area (Å²) in [6.07, 6.45) is -4.78. The van der Waals surface area contributed by atoms with Gasteiger partial charge in [0.15, 0.2) is 0 Å². The molecule has 0 fully saturated rings. The Morgan fingerprint density at radius 3 is 2.55 bits per heavy atom. The van der Waals surface area contributed by atoms with Crippen molar-refractivity contribution in [3.05, 3.63) is 58.1 Å². The van der Waals surface area contributed by atoms with Crippen molar-refractivity contribution >= 4 is 17.4 Å². The van der Waals surface area contributed by atoms with Gasteiger partial charge in [-0.1, -0.05) is 11.8 Å². The smallest absolute Gasteiger partial charge is 0.496 e. The normalized spacial score (nSPS) is 11.3. The van der Waals surface area contributed by atoms with Gasteiger partial charge in [0.05, 0.1) is 17.7 Å². The Morgan fingerprint density at radius 1 is 1.21 bits per heavy atom. The van der Waals surface area contributed by atoms with Crippen LogP contribution < -0.4 is 9.47 Å². The van der Waals surface area contributed by atoms with E-state index in [0.29, 0.717) is 22.2 Å². The lowest BCUT2D eigenvalue weighted by Gasteiger charge is -2.10. The number of benzene rings is 2. The lowest BCUT2D eigenvalue weighted by molar-refractivity contribution is -0.384. The van der Waals surface area contributed by atoms with E-state index in [9.17, 15) is 23.3 Å². The zero-order valence-electron chi connectivity index (χ0n) is 14.7. The van der Waals surface area contributed by atoms with E-state index < -0.39 is 11.3 Å².